The molecule has 32 heavy (non-hydrogen) atoms. The standard InChI is InChI=1S/C28H52O4/c1-23(2)14-9-5-7-11-18-27(29)31-21-25-16-13-17-26(20-25)22-32-28(30)19-12-8-6-10-15-24(3)4/h23-26H,5-22H2,1-4H3. The van der Waals surface area contributed by atoms with Crippen LogP contribution in [0.25, 0.3) is 0 Å². The molecule has 0 saturated heterocycles. The van der Waals surface area contributed by atoms with Crippen LogP contribution in [0.2, 0.25) is 0 Å². The third-order valence-electron chi connectivity index (χ3n) is 6.68. The van der Waals surface area contributed by atoms with Crippen molar-refractivity contribution in [2.24, 2.45) is 23.7 Å². The molecule has 1 rings (SSSR count). The van der Waals surface area contributed by atoms with E-state index in [1.807, 2.05) is 0 Å². The van der Waals surface area contributed by atoms with E-state index in [0.29, 0.717) is 37.9 Å². The molecule has 0 amide bonds. The van der Waals surface area contributed by atoms with Gasteiger partial charge in [0.05, 0.1) is 13.2 Å². The van der Waals surface area contributed by atoms with Crippen LogP contribution in [0.4, 0.5) is 0 Å². The lowest BCUT2D eigenvalue weighted by atomic mass is 9.82. The topological polar surface area (TPSA) is 52.6 Å². The van der Waals surface area contributed by atoms with E-state index < -0.39 is 0 Å². The van der Waals surface area contributed by atoms with Crippen molar-refractivity contribution in [3.05, 3.63) is 0 Å². The predicted molar refractivity (Wildman–Crippen MR) is 132 cm³/mol. The van der Waals surface area contributed by atoms with Gasteiger partial charge in [0.2, 0.25) is 0 Å². The maximum absolute atomic E-state index is 12.0. The SMILES string of the molecule is CC(C)CCCCCCC(=O)OCC1CCCC(COC(=O)CCCCCCC(C)C)C1. The van der Waals surface area contributed by atoms with E-state index in [1.165, 1.54) is 38.5 Å². The smallest absolute Gasteiger partial charge is 0.305 e. The van der Waals surface area contributed by atoms with Gasteiger partial charge in [-0.25, -0.2) is 0 Å². The Balaban J connectivity index is 2.05. The van der Waals surface area contributed by atoms with E-state index >= 15 is 0 Å². The van der Waals surface area contributed by atoms with Gasteiger partial charge in [-0.1, -0.05) is 85.5 Å². The summed E-state index contributed by atoms with van der Waals surface area (Å²) in [6.07, 6.45) is 17.1. The summed E-state index contributed by atoms with van der Waals surface area (Å²) in [6.45, 7) is 10.1. The number of ether oxygens (including phenoxy) is 2. The van der Waals surface area contributed by atoms with E-state index in [1.54, 1.807) is 0 Å². The summed E-state index contributed by atoms with van der Waals surface area (Å²) in [5.41, 5.74) is 0. The summed E-state index contributed by atoms with van der Waals surface area (Å²) in [5, 5.41) is 0. The molecule has 0 heterocycles. The number of esters is 2. The second-order valence-electron chi connectivity index (χ2n) is 11.0. The first-order valence-corrected chi connectivity index (χ1v) is 13.7. The quantitative estimate of drug-likeness (QED) is 0.157. The number of carbonyl (C=O) groups is 2. The highest BCUT2D eigenvalue weighted by Crippen LogP contribution is 2.29. The Morgan fingerprint density at radius 1 is 0.656 bits per heavy atom. The fourth-order valence-electron chi connectivity index (χ4n) is 4.62. The predicted octanol–water partition coefficient (Wildman–Crippen LogP) is 7.87. The van der Waals surface area contributed by atoms with Crippen molar-refractivity contribution in [3.8, 4) is 0 Å². The molecule has 0 spiro atoms. The molecular formula is C28H52O4. The molecule has 0 aromatic heterocycles. The van der Waals surface area contributed by atoms with Crippen molar-refractivity contribution in [3.63, 3.8) is 0 Å². The highest BCUT2D eigenvalue weighted by atomic mass is 16.5. The Morgan fingerprint density at radius 3 is 1.47 bits per heavy atom. The van der Waals surface area contributed by atoms with Gasteiger partial charge in [-0.05, 0) is 55.8 Å². The van der Waals surface area contributed by atoms with Crippen LogP contribution in [0.5, 0.6) is 0 Å². The van der Waals surface area contributed by atoms with Gasteiger partial charge in [-0.3, -0.25) is 9.59 Å². The van der Waals surface area contributed by atoms with Crippen LogP contribution in [0.15, 0.2) is 0 Å². The average molecular weight is 453 g/mol. The fraction of sp³-hybridized carbons (Fsp3) is 0.929. The normalized spacial score (nSPS) is 18.8. The second-order valence-corrected chi connectivity index (χ2v) is 11.0. The van der Waals surface area contributed by atoms with Gasteiger partial charge in [-0.2, -0.15) is 0 Å². The maximum atomic E-state index is 12.0. The zero-order chi connectivity index (χ0) is 23.6. The lowest BCUT2D eigenvalue weighted by Gasteiger charge is -2.28. The third-order valence-corrected chi connectivity index (χ3v) is 6.68. The van der Waals surface area contributed by atoms with Crippen molar-refractivity contribution in [2.45, 2.75) is 130 Å². The number of hydrogen-bond donors (Lipinski definition) is 0. The second kappa shape index (κ2) is 18.4. The maximum Gasteiger partial charge on any atom is 0.305 e. The number of hydrogen-bond acceptors (Lipinski definition) is 4. The van der Waals surface area contributed by atoms with Gasteiger partial charge in [-0.15, -0.1) is 0 Å². The van der Waals surface area contributed by atoms with Gasteiger partial charge < -0.3 is 9.47 Å². The molecule has 2 atom stereocenters. The minimum Gasteiger partial charge on any atom is -0.465 e. The minimum absolute atomic E-state index is 0.0456. The van der Waals surface area contributed by atoms with Crippen molar-refractivity contribution in [2.75, 3.05) is 13.2 Å². The molecule has 0 aliphatic heterocycles. The monoisotopic (exact) mass is 452 g/mol. The Labute approximate surface area is 198 Å². The van der Waals surface area contributed by atoms with Crippen molar-refractivity contribution < 1.29 is 19.1 Å². The fourth-order valence-corrected chi connectivity index (χ4v) is 4.62. The summed E-state index contributed by atoms with van der Waals surface area (Å²) in [7, 11) is 0. The minimum atomic E-state index is -0.0456. The molecule has 0 aromatic carbocycles. The summed E-state index contributed by atoms with van der Waals surface area (Å²) >= 11 is 0. The summed E-state index contributed by atoms with van der Waals surface area (Å²) in [5.74, 6) is 2.29. The first kappa shape index (κ1) is 29.0. The Bertz CT molecular complexity index is 444. The molecule has 0 bridgehead atoms. The van der Waals surface area contributed by atoms with Crippen LogP contribution in [-0.4, -0.2) is 25.2 Å². The lowest BCUT2D eigenvalue weighted by molar-refractivity contribution is -0.146. The number of carbonyl (C=O) groups excluding carboxylic acids is 2. The molecule has 4 heteroatoms. The van der Waals surface area contributed by atoms with Crippen molar-refractivity contribution in [1.29, 1.82) is 0 Å². The van der Waals surface area contributed by atoms with Gasteiger partial charge in [0.25, 0.3) is 0 Å². The van der Waals surface area contributed by atoms with E-state index in [-0.39, 0.29) is 11.9 Å². The van der Waals surface area contributed by atoms with E-state index in [4.69, 9.17) is 9.47 Å². The highest BCUT2D eigenvalue weighted by Gasteiger charge is 2.24. The van der Waals surface area contributed by atoms with Gasteiger partial charge >= 0.3 is 11.9 Å². The lowest BCUT2D eigenvalue weighted by Crippen LogP contribution is -2.25. The molecule has 1 aliphatic rings. The van der Waals surface area contributed by atoms with Crippen LogP contribution in [-0.2, 0) is 19.1 Å². The molecule has 4 nitrogen and oxygen atoms in total. The Kier molecular flexibility index (Phi) is 16.6. The molecule has 0 aromatic rings. The molecule has 2 unspecified atom stereocenters. The molecule has 188 valence electrons. The van der Waals surface area contributed by atoms with Crippen molar-refractivity contribution in [1.82, 2.24) is 0 Å². The zero-order valence-electron chi connectivity index (χ0n) is 21.7. The zero-order valence-corrected chi connectivity index (χ0v) is 21.7. The van der Waals surface area contributed by atoms with Gasteiger partial charge in [0.1, 0.15) is 0 Å². The van der Waals surface area contributed by atoms with Gasteiger partial charge in [0.15, 0.2) is 0 Å². The number of unbranched alkanes of at least 4 members (excludes halogenated alkanes) is 6. The van der Waals surface area contributed by atoms with Crippen LogP contribution in [0.3, 0.4) is 0 Å². The molecule has 1 saturated carbocycles. The molecular weight excluding hydrogens is 400 g/mol. The van der Waals surface area contributed by atoms with Crippen LogP contribution in [0, 0.1) is 23.7 Å². The number of rotatable bonds is 18. The highest BCUT2D eigenvalue weighted by molar-refractivity contribution is 5.69. The van der Waals surface area contributed by atoms with E-state index in [2.05, 4.69) is 27.7 Å². The van der Waals surface area contributed by atoms with Crippen LogP contribution < -0.4 is 0 Å². The first-order chi connectivity index (χ1) is 15.4. The van der Waals surface area contributed by atoms with Crippen LogP contribution >= 0.6 is 0 Å². The van der Waals surface area contributed by atoms with E-state index in [0.717, 1.165) is 63.2 Å². The van der Waals surface area contributed by atoms with Crippen LogP contribution in [0.1, 0.15) is 130 Å². The Hall–Kier alpha value is -1.06. The summed E-state index contributed by atoms with van der Waals surface area (Å²) in [4.78, 5) is 24.1. The average Bonchev–Trinajstić information content (AvgIpc) is 2.75. The Morgan fingerprint density at radius 2 is 1.06 bits per heavy atom. The molecule has 0 radical (unpaired) electrons. The first-order valence-electron chi connectivity index (χ1n) is 13.7. The van der Waals surface area contributed by atoms with Gasteiger partial charge in [0, 0.05) is 12.8 Å². The molecule has 1 aliphatic carbocycles. The molecule has 1 fully saturated rings. The largest absolute Gasteiger partial charge is 0.465 e. The summed E-state index contributed by atoms with van der Waals surface area (Å²) < 4.78 is 11.1. The summed E-state index contributed by atoms with van der Waals surface area (Å²) in [6, 6.07) is 0. The van der Waals surface area contributed by atoms with Crippen molar-refractivity contribution >= 4 is 11.9 Å². The molecule has 0 N–H and O–H groups in total. The third kappa shape index (κ3) is 16.6. The van der Waals surface area contributed by atoms with E-state index in [9.17, 15) is 9.59 Å².